The molecule has 0 spiro atoms. The first kappa shape index (κ1) is 12.3. The molecule has 2 fully saturated rings. The van der Waals surface area contributed by atoms with Crippen LogP contribution in [0, 0.1) is 0 Å². The molecule has 2 aliphatic rings. The minimum Gasteiger partial charge on any atom is -0.381 e. The zero-order valence-corrected chi connectivity index (χ0v) is 10.4. The van der Waals surface area contributed by atoms with Crippen molar-refractivity contribution in [3.63, 3.8) is 0 Å². The summed E-state index contributed by atoms with van der Waals surface area (Å²) in [7, 11) is 4.04. The molecule has 0 amide bonds. The van der Waals surface area contributed by atoms with Crippen molar-refractivity contribution in [2.24, 2.45) is 0 Å². The number of nitrogens with zero attached hydrogens (tertiary/aromatic N) is 1. The number of hydrogen-bond donors (Lipinski definition) is 1. The number of hydrogen-bond acceptors (Lipinski definition) is 4. The predicted octanol–water partition coefficient (Wildman–Crippen LogP) is 0.474. The van der Waals surface area contributed by atoms with Crippen molar-refractivity contribution in [2.45, 2.75) is 37.5 Å². The third-order valence-electron chi connectivity index (χ3n) is 3.84. The van der Waals surface area contributed by atoms with Gasteiger partial charge in [-0.05, 0) is 26.3 Å². The van der Waals surface area contributed by atoms with Gasteiger partial charge in [0.15, 0.2) is 0 Å². The highest BCUT2D eigenvalue weighted by atomic mass is 16.5. The fourth-order valence-corrected chi connectivity index (χ4v) is 2.72. The van der Waals surface area contributed by atoms with E-state index in [-0.39, 0.29) is 0 Å². The van der Waals surface area contributed by atoms with Crippen LogP contribution in [0.1, 0.15) is 19.3 Å². The molecule has 2 heterocycles. The predicted molar refractivity (Wildman–Crippen MR) is 63.7 cm³/mol. The van der Waals surface area contributed by atoms with Crippen molar-refractivity contribution in [3.8, 4) is 0 Å². The first-order valence-electron chi connectivity index (χ1n) is 6.33. The monoisotopic (exact) mass is 228 g/mol. The second-order valence-corrected chi connectivity index (χ2v) is 4.98. The highest BCUT2D eigenvalue weighted by molar-refractivity contribution is 4.85. The smallest absolute Gasteiger partial charge is 0.0711 e. The van der Waals surface area contributed by atoms with Crippen LogP contribution >= 0.6 is 0 Å². The van der Waals surface area contributed by atoms with Crippen molar-refractivity contribution in [3.05, 3.63) is 0 Å². The third-order valence-corrected chi connectivity index (χ3v) is 3.84. The summed E-state index contributed by atoms with van der Waals surface area (Å²) >= 11 is 0. The molecular weight excluding hydrogens is 204 g/mol. The topological polar surface area (TPSA) is 33.7 Å². The maximum Gasteiger partial charge on any atom is 0.0711 e. The highest BCUT2D eigenvalue weighted by Crippen LogP contribution is 2.16. The molecule has 16 heavy (non-hydrogen) atoms. The Morgan fingerprint density at radius 3 is 2.75 bits per heavy atom. The van der Waals surface area contributed by atoms with Crippen LogP contribution in [-0.4, -0.2) is 63.5 Å². The first-order valence-corrected chi connectivity index (χ1v) is 6.33. The second kappa shape index (κ2) is 5.96. The molecule has 4 heteroatoms. The first-order chi connectivity index (χ1) is 7.79. The van der Waals surface area contributed by atoms with Gasteiger partial charge in [-0.3, -0.25) is 0 Å². The summed E-state index contributed by atoms with van der Waals surface area (Å²) in [6.45, 7) is 3.98. The molecule has 2 rings (SSSR count). The zero-order valence-electron chi connectivity index (χ0n) is 10.4. The van der Waals surface area contributed by atoms with Gasteiger partial charge >= 0.3 is 0 Å². The SMILES string of the molecule is COC1CNC(CN(C)C2CCOCC2)C1. The van der Waals surface area contributed by atoms with Crippen LogP contribution in [0.15, 0.2) is 0 Å². The van der Waals surface area contributed by atoms with Gasteiger partial charge in [0, 0.05) is 45.5 Å². The summed E-state index contributed by atoms with van der Waals surface area (Å²) in [6, 6.07) is 1.30. The van der Waals surface area contributed by atoms with Crippen molar-refractivity contribution in [2.75, 3.05) is 40.5 Å². The standard InChI is InChI=1S/C12H24N2O2/c1-14(11-3-5-16-6-4-11)9-10-7-12(15-2)8-13-10/h10-13H,3-9H2,1-2H3. The van der Waals surface area contributed by atoms with Gasteiger partial charge in [-0.1, -0.05) is 0 Å². The number of likely N-dealkylation sites (N-methyl/N-ethyl adjacent to an activating group) is 1. The maximum atomic E-state index is 5.39. The largest absolute Gasteiger partial charge is 0.381 e. The van der Waals surface area contributed by atoms with E-state index >= 15 is 0 Å². The van der Waals surface area contributed by atoms with Crippen LogP contribution in [0.3, 0.4) is 0 Å². The Morgan fingerprint density at radius 2 is 2.12 bits per heavy atom. The Hall–Kier alpha value is -0.160. The number of methoxy groups -OCH3 is 1. The van der Waals surface area contributed by atoms with Crippen molar-refractivity contribution in [1.82, 2.24) is 10.2 Å². The van der Waals surface area contributed by atoms with E-state index in [1.807, 2.05) is 0 Å². The number of rotatable bonds is 4. The third kappa shape index (κ3) is 3.17. The average molecular weight is 228 g/mol. The van der Waals surface area contributed by atoms with Crippen LogP contribution in [0.5, 0.6) is 0 Å². The van der Waals surface area contributed by atoms with Gasteiger partial charge in [0.1, 0.15) is 0 Å². The van der Waals surface area contributed by atoms with Crippen molar-refractivity contribution < 1.29 is 9.47 Å². The van der Waals surface area contributed by atoms with E-state index in [4.69, 9.17) is 9.47 Å². The Balaban J connectivity index is 1.72. The van der Waals surface area contributed by atoms with E-state index in [1.54, 1.807) is 7.11 Å². The lowest BCUT2D eigenvalue weighted by molar-refractivity contribution is 0.0400. The number of ether oxygens (including phenoxy) is 2. The van der Waals surface area contributed by atoms with E-state index < -0.39 is 0 Å². The summed E-state index contributed by atoms with van der Waals surface area (Å²) in [5.74, 6) is 0. The lowest BCUT2D eigenvalue weighted by Gasteiger charge is -2.32. The number of nitrogens with one attached hydrogen (secondary N) is 1. The quantitative estimate of drug-likeness (QED) is 0.758. The van der Waals surface area contributed by atoms with Gasteiger partial charge in [-0.25, -0.2) is 0 Å². The molecule has 4 nitrogen and oxygen atoms in total. The molecule has 2 atom stereocenters. The molecule has 2 unspecified atom stereocenters. The summed E-state index contributed by atoms with van der Waals surface area (Å²) in [5, 5.41) is 3.53. The molecule has 1 N–H and O–H groups in total. The molecule has 0 aliphatic carbocycles. The minimum absolute atomic E-state index is 0.410. The maximum absolute atomic E-state index is 5.39. The normalized spacial score (nSPS) is 32.4. The lowest BCUT2D eigenvalue weighted by Crippen LogP contribution is -2.43. The Kier molecular flexibility index (Phi) is 4.58. The molecule has 0 bridgehead atoms. The zero-order chi connectivity index (χ0) is 11.4. The van der Waals surface area contributed by atoms with Crippen LogP contribution in [0.4, 0.5) is 0 Å². The molecule has 0 radical (unpaired) electrons. The van der Waals surface area contributed by atoms with Gasteiger partial charge in [-0.15, -0.1) is 0 Å². The van der Waals surface area contributed by atoms with E-state index in [0.29, 0.717) is 18.2 Å². The van der Waals surface area contributed by atoms with Crippen molar-refractivity contribution in [1.29, 1.82) is 0 Å². The molecule has 0 aromatic rings. The van der Waals surface area contributed by atoms with Gasteiger partial charge in [0.25, 0.3) is 0 Å². The Labute approximate surface area is 98.3 Å². The van der Waals surface area contributed by atoms with Gasteiger partial charge in [0.2, 0.25) is 0 Å². The summed E-state index contributed by atoms with van der Waals surface area (Å²) in [5.41, 5.74) is 0. The van der Waals surface area contributed by atoms with E-state index in [1.165, 1.54) is 12.8 Å². The molecule has 0 aromatic carbocycles. The second-order valence-electron chi connectivity index (χ2n) is 4.98. The summed E-state index contributed by atoms with van der Waals surface area (Å²) in [4.78, 5) is 2.48. The summed E-state index contributed by atoms with van der Waals surface area (Å²) < 4.78 is 10.8. The van der Waals surface area contributed by atoms with Crippen molar-refractivity contribution >= 4 is 0 Å². The molecule has 0 aromatic heterocycles. The molecule has 94 valence electrons. The molecular formula is C12H24N2O2. The fourth-order valence-electron chi connectivity index (χ4n) is 2.72. The fraction of sp³-hybridized carbons (Fsp3) is 1.00. The lowest BCUT2D eigenvalue weighted by atomic mass is 10.1. The molecule has 2 saturated heterocycles. The molecule has 0 saturated carbocycles. The average Bonchev–Trinajstić information content (AvgIpc) is 2.78. The van der Waals surface area contributed by atoms with Crippen LogP contribution < -0.4 is 5.32 Å². The summed E-state index contributed by atoms with van der Waals surface area (Å²) in [6.07, 6.45) is 3.91. The van der Waals surface area contributed by atoms with E-state index in [0.717, 1.165) is 32.7 Å². The van der Waals surface area contributed by atoms with Gasteiger partial charge in [0.05, 0.1) is 6.10 Å². The van der Waals surface area contributed by atoms with Crippen LogP contribution in [0.25, 0.3) is 0 Å². The van der Waals surface area contributed by atoms with Crippen LogP contribution in [-0.2, 0) is 9.47 Å². The van der Waals surface area contributed by atoms with E-state index in [9.17, 15) is 0 Å². The van der Waals surface area contributed by atoms with E-state index in [2.05, 4.69) is 17.3 Å². The van der Waals surface area contributed by atoms with Gasteiger partial charge in [-0.2, -0.15) is 0 Å². The van der Waals surface area contributed by atoms with Gasteiger partial charge < -0.3 is 19.7 Å². The highest BCUT2D eigenvalue weighted by Gasteiger charge is 2.27. The Morgan fingerprint density at radius 1 is 1.38 bits per heavy atom. The molecule has 2 aliphatic heterocycles. The minimum atomic E-state index is 0.410. The van der Waals surface area contributed by atoms with Crippen LogP contribution in [0.2, 0.25) is 0 Å². The Bertz CT molecular complexity index is 207.